The third kappa shape index (κ3) is 8.93. The number of rotatable bonds is 12. The van der Waals surface area contributed by atoms with Gasteiger partial charge in [0.1, 0.15) is 5.82 Å². The van der Waals surface area contributed by atoms with Gasteiger partial charge in [-0.05, 0) is 122 Å². The van der Waals surface area contributed by atoms with Crippen molar-refractivity contribution in [2.24, 2.45) is 17.1 Å². The Morgan fingerprint density at radius 3 is 2.30 bits per heavy atom. The summed E-state index contributed by atoms with van der Waals surface area (Å²) < 4.78 is 30.7. The fraction of sp³-hybridized carbons (Fsp3) is 0.319. The fourth-order valence-corrected chi connectivity index (χ4v) is 9.79. The lowest BCUT2D eigenvalue weighted by Crippen LogP contribution is -2.67. The Morgan fingerprint density at radius 2 is 1.62 bits per heavy atom. The molecule has 13 nitrogen and oxygen atoms in total. The van der Waals surface area contributed by atoms with Crippen LogP contribution >= 0.6 is 11.6 Å². The minimum Gasteiger partial charge on any atom is -0.369 e. The van der Waals surface area contributed by atoms with Crippen LogP contribution in [0, 0.1) is 23.0 Å². The number of amides is 4. The maximum atomic E-state index is 15.5. The van der Waals surface area contributed by atoms with Crippen LogP contribution < -0.4 is 31.5 Å². The highest BCUT2D eigenvalue weighted by Crippen LogP contribution is 2.49. The lowest BCUT2D eigenvalue weighted by atomic mass is 9.60. The number of hydrogen-bond acceptors (Lipinski definition) is 10. The van der Waals surface area contributed by atoms with Crippen LogP contribution in [-0.2, 0) is 9.59 Å². The van der Waals surface area contributed by atoms with Crippen LogP contribution in [0.15, 0.2) is 97.2 Å². The third-order valence-electron chi connectivity index (χ3n) is 12.7. The van der Waals surface area contributed by atoms with E-state index in [2.05, 4.69) is 35.7 Å². The Kier molecular flexibility index (Phi) is 11.5. The molecule has 1 aromatic heterocycles. The van der Waals surface area contributed by atoms with E-state index in [-0.39, 0.29) is 53.2 Å². The maximum Gasteiger partial charge on any atom is 0.251 e. The van der Waals surface area contributed by atoms with Crippen LogP contribution in [0.4, 0.5) is 43.3 Å². The summed E-state index contributed by atoms with van der Waals surface area (Å²) in [6.45, 7) is 4.58. The van der Waals surface area contributed by atoms with Gasteiger partial charge in [-0.25, -0.2) is 13.8 Å². The van der Waals surface area contributed by atoms with Crippen molar-refractivity contribution < 1.29 is 28.0 Å². The SMILES string of the molecule is NC(=O)c1ccc(N(c2ccccc2Cl)c2nc(Nc3ccc(C(=O)NC4CC5(C4)CN(CC4CCN(c6ccc(C7CCC(=O)NC7=O)cc6F)CC4)C5)cc3)ncc2F)cc1. The van der Waals surface area contributed by atoms with Gasteiger partial charge in [0, 0.05) is 67.7 Å². The molecule has 324 valence electrons. The van der Waals surface area contributed by atoms with E-state index >= 15 is 8.78 Å². The number of aromatic nitrogens is 2. The molecule has 3 saturated heterocycles. The molecule has 9 rings (SSSR count). The number of carbonyl (C=O) groups is 4. The smallest absolute Gasteiger partial charge is 0.251 e. The summed E-state index contributed by atoms with van der Waals surface area (Å²) in [6, 6.07) is 25.3. The molecule has 4 aliphatic rings. The van der Waals surface area contributed by atoms with Gasteiger partial charge < -0.3 is 26.2 Å². The number of nitrogens with two attached hydrogens (primary N) is 1. The van der Waals surface area contributed by atoms with Crippen molar-refractivity contribution in [2.75, 3.05) is 47.8 Å². The molecular formula is C47H46ClF2N9O4. The van der Waals surface area contributed by atoms with Gasteiger partial charge >= 0.3 is 0 Å². The van der Waals surface area contributed by atoms with Crippen LogP contribution in [0.5, 0.6) is 0 Å². The quantitative estimate of drug-likeness (QED) is 0.0932. The molecule has 4 fully saturated rings. The summed E-state index contributed by atoms with van der Waals surface area (Å²) in [5.41, 5.74) is 9.18. The summed E-state index contributed by atoms with van der Waals surface area (Å²) in [6.07, 6.45) is 5.53. The summed E-state index contributed by atoms with van der Waals surface area (Å²) in [5, 5.41) is 8.99. The highest BCUT2D eigenvalue weighted by atomic mass is 35.5. The van der Waals surface area contributed by atoms with E-state index in [1.165, 1.54) is 11.0 Å². The standard InChI is InChI=1S/C47H46ClF2N9O4/c48-36-3-1-2-4-39(36)59(34-12-7-29(8-13-34)42(51)61)43-38(50)24-52-46(56-43)54-32-10-5-30(6-11-32)44(62)53-33-22-47(23-33)26-57(27-47)25-28-17-19-58(20-18-28)40-15-9-31(21-37(40)49)35-14-16-41(60)55-45(35)63/h1-13,15,21,24,28,33,35H,14,16-20,22-23,25-27H2,(H2,51,61)(H,53,62)(H,52,54,56)(H,55,60,63). The van der Waals surface area contributed by atoms with Crippen LogP contribution in [0.3, 0.4) is 0 Å². The van der Waals surface area contributed by atoms with Crippen molar-refractivity contribution in [2.45, 2.75) is 50.5 Å². The van der Waals surface area contributed by atoms with Gasteiger partial charge in [-0.2, -0.15) is 4.98 Å². The fourth-order valence-electron chi connectivity index (χ4n) is 9.57. The van der Waals surface area contributed by atoms with E-state index in [4.69, 9.17) is 17.3 Å². The molecule has 63 heavy (non-hydrogen) atoms. The molecule has 0 bridgehead atoms. The normalized spacial score (nSPS) is 18.9. The monoisotopic (exact) mass is 873 g/mol. The predicted molar refractivity (Wildman–Crippen MR) is 236 cm³/mol. The molecular weight excluding hydrogens is 828 g/mol. The van der Waals surface area contributed by atoms with Gasteiger partial charge in [0.2, 0.25) is 23.7 Å². The predicted octanol–water partition coefficient (Wildman–Crippen LogP) is 7.35. The van der Waals surface area contributed by atoms with Gasteiger partial charge in [0.15, 0.2) is 11.6 Å². The second-order valence-electron chi connectivity index (χ2n) is 17.2. The van der Waals surface area contributed by atoms with Crippen molar-refractivity contribution in [3.8, 4) is 0 Å². The first-order valence-electron chi connectivity index (χ1n) is 21.2. The number of benzene rings is 4. The molecule has 1 spiro atoms. The highest BCUT2D eigenvalue weighted by Gasteiger charge is 2.52. The van der Waals surface area contributed by atoms with E-state index < -0.39 is 17.6 Å². The van der Waals surface area contributed by atoms with Crippen molar-refractivity contribution in [1.29, 1.82) is 0 Å². The third-order valence-corrected chi connectivity index (χ3v) is 13.1. The van der Waals surface area contributed by atoms with Crippen molar-refractivity contribution in [1.82, 2.24) is 25.5 Å². The molecule has 4 heterocycles. The van der Waals surface area contributed by atoms with Crippen LogP contribution in [0.25, 0.3) is 0 Å². The average molecular weight is 874 g/mol. The minimum atomic E-state index is -0.704. The van der Waals surface area contributed by atoms with Crippen LogP contribution in [0.1, 0.15) is 70.7 Å². The first kappa shape index (κ1) is 41.9. The number of piperidine rings is 2. The van der Waals surface area contributed by atoms with Crippen LogP contribution in [0.2, 0.25) is 5.02 Å². The zero-order valence-corrected chi connectivity index (χ0v) is 35.1. The van der Waals surface area contributed by atoms with Crippen molar-refractivity contribution in [3.05, 3.63) is 131 Å². The molecule has 1 aliphatic carbocycles. The molecule has 1 unspecified atom stereocenters. The molecule has 5 aromatic rings. The molecule has 4 aromatic carbocycles. The number of nitrogens with zero attached hydrogens (tertiary/aromatic N) is 5. The second kappa shape index (κ2) is 17.4. The van der Waals surface area contributed by atoms with Crippen LogP contribution in [-0.4, -0.2) is 77.3 Å². The molecule has 3 aliphatic heterocycles. The number of nitrogens with one attached hydrogen (secondary N) is 3. The largest absolute Gasteiger partial charge is 0.369 e. The van der Waals surface area contributed by atoms with Gasteiger partial charge in [0.05, 0.1) is 28.5 Å². The molecule has 1 saturated carbocycles. The number of halogens is 3. The highest BCUT2D eigenvalue weighted by molar-refractivity contribution is 6.33. The molecule has 16 heteroatoms. The first-order chi connectivity index (χ1) is 30.4. The molecule has 1 atom stereocenters. The van der Waals surface area contributed by atoms with E-state index in [9.17, 15) is 19.2 Å². The number of para-hydroxylation sites is 1. The second-order valence-corrected chi connectivity index (χ2v) is 17.6. The number of anilines is 6. The van der Waals surface area contributed by atoms with Crippen molar-refractivity contribution in [3.63, 3.8) is 0 Å². The van der Waals surface area contributed by atoms with Gasteiger partial charge in [-0.1, -0.05) is 29.8 Å². The Balaban J connectivity index is 0.738. The van der Waals surface area contributed by atoms with Crippen molar-refractivity contribution >= 4 is 69.7 Å². The lowest BCUT2D eigenvalue weighted by molar-refractivity contribution is -0.134. The topological polar surface area (TPSA) is 166 Å². The number of primary amides is 1. The average Bonchev–Trinajstić information content (AvgIpc) is 3.24. The number of likely N-dealkylation sites (tertiary alicyclic amines) is 1. The summed E-state index contributed by atoms with van der Waals surface area (Å²) >= 11 is 6.56. The number of imide groups is 1. The molecule has 0 radical (unpaired) electrons. The maximum absolute atomic E-state index is 15.5. The lowest BCUT2D eigenvalue weighted by Gasteiger charge is -2.60. The minimum absolute atomic E-state index is 0.0796. The van der Waals surface area contributed by atoms with Gasteiger partial charge in [0.25, 0.3) is 5.91 Å². The summed E-state index contributed by atoms with van der Waals surface area (Å²) in [5.74, 6) is -2.37. The Morgan fingerprint density at radius 1 is 0.905 bits per heavy atom. The van der Waals surface area contributed by atoms with E-state index in [1.807, 2.05) is 6.07 Å². The Bertz CT molecular complexity index is 2560. The van der Waals surface area contributed by atoms with E-state index in [0.29, 0.717) is 56.8 Å². The van der Waals surface area contributed by atoms with E-state index in [0.717, 1.165) is 64.6 Å². The summed E-state index contributed by atoms with van der Waals surface area (Å²) in [4.78, 5) is 63.5. The number of hydrogen-bond donors (Lipinski definition) is 4. The zero-order valence-electron chi connectivity index (χ0n) is 34.3. The molecule has 5 N–H and O–H groups in total. The first-order valence-corrected chi connectivity index (χ1v) is 21.5. The zero-order chi connectivity index (χ0) is 43.8. The molecule has 4 amide bonds. The number of carbonyl (C=O) groups excluding carboxylic acids is 4. The summed E-state index contributed by atoms with van der Waals surface area (Å²) in [7, 11) is 0. The van der Waals surface area contributed by atoms with E-state index in [1.54, 1.807) is 78.9 Å². The van der Waals surface area contributed by atoms with Gasteiger partial charge in [-0.15, -0.1) is 0 Å². The Labute approximate surface area is 368 Å². The Hall–Kier alpha value is -6.45. The van der Waals surface area contributed by atoms with Gasteiger partial charge in [-0.3, -0.25) is 29.4 Å².